The zero-order valence-electron chi connectivity index (χ0n) is 10.1. The predicted molar refractivity (Wildman–Crippen MR) is 72.9 cm³/mol. The summed E-state index contributed by atoms with van der Waals surface area (Å²) in [5, 5.41) is 21.4. The van der Waals surface area contributed by atoms with E-state index in [1.807, 2.05) is 6.92 Å². The summed E-state index contributed by atoms with van der Waals surface area (Å²) in [5.41, 5.74) is 0.794. The molecule has 98 valence electrons. The van der Waals surface area contributed by atoms with Crippen LogP contribution in [0.5, 0.6) is 0 Å². The van der Waals surface area contributed by atoms with E-state index in [9.17, 15) is 10.1 Å². The van der Waals surface area contributed by atoms with Gasteiger partial charge in [0.1, 0.15) is 0 Å². The monoisotopic (exact) mass is 277 g/mol. The number of nitro groups is 1. The maximum atomic E-state index is 10.5. The second-order valence-corrected chi connectivity index (χ2v) is 4.09. The normalized spacial score (nSPS) is 11.0. The second-order valence-electron chi connectivity index (χ2n) is 3.70. The number of hydrogen-bond donors (Lipinski definition) is 1. The van der Waals surface area contributed by atoms with Crippen molar-refractivity contribution in [2.24, 2.45) is 5.10 Å². The van der Waals surface area contributed by atoms with Crippen molar-refractivity contribution in [3.63, 3.8) is 0 Å². The van der Waals surface area contributed by atoms with Gasteiger partial charge in [-0.3, -0.25) is 15.2 Å². The van der Waals surface area contributed by atoms with Gasteiger partial charge in [-0.2, -0.15) is 14.9 Å². The fourth-order valence-electron chi connectivity index (χ4n) is 1.48. The van der Waals surface area contributed by atoms with Gasteiger partial charge < -0.3 is 0 Å². The molecule has 7 nitrogen and oxygen atoms in total. The number of nitro benzene ring substituents is 1. The topological polar surface area (TPSA) is 89.1 Å². The lowest BCUT2D eigenvalue weighted by Crippen LogP contribution is -1.97. The Morgan fingerprint density at radius 2 is 2.21 bits per heavy atom. The molecule has 0 aliphatic rings. The molecule has 0 aliphatic heterocycles. The first-order valence-electron chi connectivity index (χ1n) is 5.57. The Hall–Kier alpha value is -2.35. The van der Waals surface area contributed by atoms with Crippen molar-refractivity contribution >= 4 is 24.1 Å². The molecule has 0 atom stereocenters. The third-order valence-corrected chi connectivity index (χ3v) is 2.72. The van der Waals surface area contributed by atoms with Crippen LogP contribution in [0, 0.1) is 14.9 Å². The first-order chi connectivity index (χ1) is 9.11. The maximum Gasteiger partial charge on any atom is 0.269 e. The molecule has 1 aromatic carbocycles. The number of non-ortho nitro benzene ring substituents is 1. The number of benzene rings is 1. The van der Waals surface area contributed by atoms with Crippen LogP contribution in [-0.4, -0.2) is 26.0 Å². The Bertz CT molecular complexity index is 671. The van der Waals surface area contributed by atoms with E-state index in [0.717, 1.165) is 11.4 Å². The van der Waals surface area contributed by atoms with Gasteiger partial charge in [-0.15, -0.1) is 0 Å². The Morgan fingerprint density at radius 1 is 1.53 bits per heavy atom. The zero-order chi connectivity index (χ0) is 13.8. The van der Waals surface area contributed by atoms with E-state index >= 15 is 0 Å². The molecule has 0 spiro atoms. The lowest BCUT2D eigenvalue weighted by Gasteiger charge is -1.97. The van der Waals surface area contributed by atoms with Crippen LogP contribution in [0.2, 0.25) is 0 Å². The Balaban J connectivity index is 2.25. The molecule has 8 heteroatoms. The summed E-state index contributed by atoms with van der Waals surface area (Å²) in [5.74, 6) is 0.725. The summed E-state index contributed by atoms with van der Waals surface area (Å²) < 4.78 is 1.94. The molecule has 19 heavy (non-hydrogen) atoms. The quantitative estimate of drug-likeness (QED) is 0.402. The number of hydrogen-bond acceptors (Lipinski definition) is 5. The van der Waals surface area contributed by atoms with Crippen molar-refractivity contribution < 1.29 is 4.92 Å². The molecule has 2 aromatic rings. The van der Waals surface area contributed by atoms with Gasteiger partial charge in [0.25, 0.3) is 5.69 Å². The number of nitrogens with one attached hydrogen (secondary N) is 1. The number of aryl methyl sites for hydroxylation is 1. The van der Waals surface area contributed by atoms with Crippen molar-refractivity contribution in [2.75, 3.05) is 0 Å². The van der Waals surface area contributed by atoms with Gasteiger partial charge >= 0.3 is 0 Å². The van der Waals surface area contributed by atoms with Crippen LogP contribution in [0.4, 0.5) is 5.69 Å². The molecular weight excluding hydrogens is 266 g/mol. The molecular formula is C11H11N5O2S. The van der Waals surface area contributed by atoms with Crippen molar-refractivity contribution in [3.8, 4) is 0 Å². The van der Waals surface area contributed by atoms with Crippen LogP contribution in [0.15, 0.2) is 29.4 Å². The third-order valence-electron chi connectivity index (χ3n) is 2.46. The highest BCUT2D eigenvalue weighted by atomic mass is 32.1. The molecule has 0 fully saturated rings. The number of aromatic amines is 1. The first kappa shape index (κ1) is 13.1. The van der Waals surface area contributed by atoms with Crippen molar-refractivity contribution in [2.45, 2.75) is 13.3 Å². The Kier molecular flexibility index (Phi) is 3.81. The van der Waals surface area contributed by atoms with E-state index in [0.29, 0.717) is 11.2 Å². The number of rotatable bonds is 4. The highest BCUT2D eigenvalue weighted by molar-refractivity contribution is 7.71. The average Bonchev–Trinajstić information content (AvgIpc) is 2.77. The van der Waals surface area contributed by atoms with E-state index in [1.54, 1.807) is 18.3 Å². The third kappa shape index (κ3) is 2.91. The van der Waals surface area contributed by atoms with Crippen LogP contribution < -0.4 is 0 Å². The molecule has 1 N–H and O–H groups in total. The second kappa shape index (κ2) is 5.53. The van der Waals surface area contributed by atoms with Gasteiger partial charge in [-0.1, -0.05) is 6.92 Å². The number of H-pyrrole nitrogens is 1. The standard InChI is InChI=1S/C11H11N5O2S/c1-2-10-13-14-11(19)15(10)12-7-8-3-5-9(6-4-8)16(17)18/h3-7H,2H2,1H3,(H,14,19). The zero-order valence-corrected chi connectivity index (χ0v) is 10.9. The summed E-state index contributed by atoms with van der Waals surface area (Å²) in [6.45, 7) is 1.95. The summed E-state index contributed by atoms with van der Waals surface area (Å²) in [6.07, 6.45) is 2.28. The molecule has 0 radical (unpaired) electrons. The van der Waals surface area contributed by atoms with Gasteiger partial charge in [0.05, 0.1) is 11.1 Å². The molecule has 0 aliphatic carbocycles. The van der Waals surface area contributed by atoms with Crippen LogP contribution >= 0.6 is 12.2 Å². The Morgan fingerprint density at radius 3 is 2.79 bits per heavy atom. The minimum absolute atomic E-state index is 0.0475. The average molecular weight is 277 g/mol. The summed E-state index contributed by atoms with van der Waals surface area (Å²) in [6, 6.07) is 6.10. The van der Waals surface area contributed by atoms with Crippen LogP contribution in [-0.2, 0) is 6.42 Å². The van der Waals surface area contributed by atoms with E-state index < -0.39 is 4.92 Å². The molecule has 1 heterocycles. The van der Waals surface area contributed by atoms with Crippen LogP contribution in [0.1, 0.15) is 18.3 Å². The molecule has 1 aromatic heterocycles. The molecule has 0 bridgehead atoms. The molecule has 0 amide bonds. The smallest absolute Gasteiger partial charge is 0.258 e. The van der Waals surface area contributed by atoms with Gasteiger partial charge in [0.15, 0.2) is 5.82 Å². The minimum atomic E-state index is -0.442. The summed E-state index contributed by atoms with van der Waals surface area (Å²) >= 11 is 5.05. The molecule has 0 saturated heterocycles. The van der Waals surface area contributed by atoms with Gasteiger partial charge in [-0.05, 0) is 29.9 Å². The van der Waals surface area contributed by atoms with E-state index in [1.165, 1.54) is 16.8 Å². The van der Waals surface area contributed by atoms with Gasteiger partial charge in [0.2, 0.25) is 4.77 Å². The van der Waals surface area contributed by atoms with Crippen molar-refractivity contribution in [1.29, 1.82) is 0 Å². The molecule has 0 unspecified atom stereocenters. The Labute approximate surface area is 113 Å². The van der Waals surface area contributed by atoms with Crippen LogP contribution in [0.3, 0.4) is 0 Å². The summed E-state index contributed by atoms with van der Waals surface area (Å²) in [7, 11) is 0. The van der Waals surface area contributed by atoms with Gasteiger partial charge in [0, 0.05) is 18.6 Å². The van der Waals surface area contributed by atoms with E-state index in [2.05, 4.69) is 15.3 Å². The fourth-order valence-corrected chi connectivity index (χ4v) is 1.68. The first-order valence-corrected chi connectivity index (χ1v) is 5.97. The fraction of sp³-hybridized carbons (Fsp3) is 0.182. The number of nitrogens with zero attached hydrogens (tertiary/aromatic N) is 4. The molecule has 2 rings (SSSR count). The van der Waals surface area contributed by atoms with E-state index in [-0.39, 0.29) is 5.69 Å². The summed E-state index contributed by atoms with van der Waals surface area (Å²) in [4.78, 5) is 10.1. The predicted octanol–water partition coefficient (Wildman–Crippen LogP) is 2.29. The maximum absolute atomic E-state index is 10.5. The minimum Gasteiger partial charge on any atom is -0.258 e. The van der Waals surface area contributed by atoms with Crippen LogP contribution in [0.25, 0.3) is 0 Å². The molecule has 0 saturated carbocycles. The van der Waals surface area contributed by atoms with Gasteiger partial charge in [-0.25, -0.2) is 0 Å². The SMILES string of the molecule is CCc1n[nH]c(=S)n1N=Cc1ccc([N+](=O)[O-])cc1. The lowest BCUT2D eigenvalue weighted by molar-refractivity contribution is -0.384. The highest BCUT2D eigenvalue weighted by Crippen LogP contribution is 2.10. The highest BCUT2D eigenvalue weighted by Gasteiger charge is 2.03. The number of aromatic nitrogens is 3. The van der Waals surface area contributed by atoms with E-state index in [4.69, 9.17) is 12.2 Å². The largest absolute Gasteiger partial charge is 0.269 e. The van der Waals surface area contributed by atoms with Crippen molar-refractivity contribution in [1.82, 2.24) is 14.9 Å². The van der Waals surface area contributed by atoms with Crippen molar-refractivity contribution in [3.05, 3.63) is 50.5 Å². The lowest BCUT2D eigenvalue weighted by atomic mass is 10.2.